The van der Waals surface area contributed by atoms with E-state index in [0.717, 1.165) is 33.3 Å². The van der Waals surface area contributed by atoms with E-state index in [1.54, 1.807) is 25.4 Å². The number of benzene rings is 1. The molecule has 1 unspecified atom stereocenters. The van der Waals surface area contributed by atoms with Crippen LogP contribution in [-0.4, -0.2) is 72.3 Å². The van der Waals surface area contributed by atoms with Crippen molar-refractivity contribution in [2.75, 3.05) is 40.4 Å². The Labute approximate surface area is 201 Å². The number of H-pyrrole nitrogens is 1. The number of ether oxygens (including phenoxy) is 2. The molecular weight excluding hydrogens is 461 g/mol. The maximum Gasteiger partial charge on any atom is 0.390 e. The van der Waals surface area contributed by atoms with Crippen molar-refractivity contribution < 1.29 is 27.4 Å². The minimum Gasteiger partial charge on any atom is -0.496 e. The average Bonchev–Trinajstić information content (AvgIpc) is 3.35. The van der Waals surface area contributed by atoms with E-state index in [-0.39, 0.29) is 18.3 Å². The van der Waals surface area contributed by atoms with Crippen LogP contribution in [0.5, 0.6) is 5.75 Å². The average molecular weight is 491 g/mol. The molecule has 1 aliphatic rings. The molecule has 0 aliphatic carbocycles. The van der Waals surface area contributed by atoms with Crippen LogP contribution in [0, 0.1) is 6.92 Å². The van der Waals surface area contributed by atoms with E-state index in [2.05, 4.69) is 14.9 Å². The van der Waals surface area contributed by atoms with E-state index in [0.29, 0.717) is 26.2 Å². The normalized spacial score (nSPS) is 17.6. The van der Waals surface area contributed by atoms with Gasteiger partial charge in [-0.05, 0) is 36.2 Å². The topological polar surface area (TPSA) is 70.7 Å². The number of hydrogen-bond acceptors (Lipinski definition) is 6. The fourth-order valence-electron chi connectivity index (χ4n) is 4.68. The van der Waals surface area contributed by atoms with Crippen LogP contribution in [0.4, 0.5) is 13.2 Å². The summed E-state index contributed by atoms with van der Waals surface area (Å²) in [6.45, 7) is 4.02. The molecule has 0 bridgehead atoms. The van der Waals surface area contributed by atoms with Gasteiger partial charge in [0.1, 0.15) is 11.4 Å². The molecule has 10 heteroatoms. The second kappa shape index (κ2) is 10.2. The van der Waals surface area contributed by atoms with E-state index in [9.17, 15) is 18.0 Å². The number of hydrogen-bond donors (Lipinski definition) is 1. The van der Waals surface area contributed by atoms with Crippen LogP contribution in [0.1, 0.15) is 39.6 Å². The van der Waals surface area contributed by atoms with Gasteiger partial charge in [0.05, 0.1) is 20.6 Å². The van der Waals surface area contributed by atoms with Crippen molar-refractivity contribution in [1.29, 1.82) is 0 Å². The first-order valence-electron chi connectivity index (χ1n) is 11.4. The van der Waals surface area contributed by atoms with Gasteiger partial charge in [0.15, 0.2) is 0 Å². The molecule has 0 amide bonds. The van der Waals surface area contributed by atoms with E-state index >= 15 is 0 Å². The zero-order chi connectivity index (χ0) is 25.2. The lowest BCUT2D eigenvalue weighted by atomic mass is 10.00. The maximum absolute atomic E-state index is 12.9. The molecule has 0 spiro atoms. The summed E-state index contributed by atoms with van der Waals surface area (Å²) in [7, 11) is 2.93. The van der Waals surface area contributed by atoms with Crippen molar-refractivity contribution in [2.45, 2.75) is 32.1 Å². The van der Waals surface area contributed by atoms with Crippen LogP contribution in [0.15, 0.2) is 36.7 Å². The highest BCUT2D eigenvalue weighted by Gasteiger charge is 2.33. The number of pyridine rings is 1. The van der Waals surface area contributed by atoms with Crippen molar-refractivity contribution in [3.63, 3.8) is 0 Å². The van der Waals surface area contributed by atoms with Crippen molar-refractivity contribution in [1.82, 2.24) is 19.8 Å². The van der Waals surface area contributed by atoms with Crippen molar-refractivity contribution in [3.05, 3.63) is 59.0 Å². The molecule has 0 radical (unpaired) electrons. The van der Waals surface area contributed by atoms with E-state index in [1.165, 1.54) is 7.11 Å². The van der Waals surface area contributed by atoms with Gasteiger partial charge in [-0.3, -0.25) is 9.80 Å². The van der Waals surface area contributed by atoms with Gasteiger partial charge in [0, 0.05) is 67.6 Å². The van der Waals surface area contributed by atoms with Crippen molar-refractivity contribution in [2.24, 2.45) is 0 Å². The van der Waals surface area contributed by atoms with Crippen LogP contribution in [0.25, 0.3) is 10.9 Å². The Morgan fingerprint density at radius 3 is 2.69 bits per heavy atom. The minimum atomic E-state index is -4.20. The summed E-state index contributed by atoms with van der Waals surface area (Å²) >= 11 is 0. The lowest BCUT2D eigenvalue weighted by Crippen LogP contribution is -2.48. The van der Waals surface area contributed by atoms with Gasteiger partial charge in [-0.25, -0.2) is 9.78 Å². The number of nitrogens with zero attached hydrogens (tertiary/aromatic N) is 3. The monoisotopic (exact) mass is 490 g/mol. The number of alkyl halides is 3. The van der Waals surface area contributed by atoms with Gasteiger partial charge in [-0.1, -0.05) is 6.07 Å². The molecule has 2 aromatic heterocycles. The summed E-state index contributed by atoms with van der Waals surface area (Å²) < 4.78 is 49.0. The van der Waals surface area contributed by atoms with E-state index < -0.39 is 18.6 Å². The van der Waals surface area contributed by atoms with Crippen molar-refractivity contribution in [3.8, 4) is 5.75 Å². The fourth-order valence-corrected chi connectivity index (χ4v) is 4.68. The third kappa shape index (κ3) is 5.59. The molecule has 0 saturated carbocycles. The lowest BCUT2D eigenvalue weighted by Gasteiger charge is -2.42. The van der Waals surface area contributed by atoms with Gasteiger partial charge in [0.2, 0.25) is 0 Å². The molecule has 3 heterocycles. The molecule has 1 aromatic carbocycles. The minimum absolute atomic E-state index is 0.0581. The lowest BCUT2D eigenvalue weighted by molar-refractivity contribution is -0.139. The van der Waals surface area contributed by atoms with Crippen LogP contribution < -0.4 is 4.74 Å². The Balaban J connectivity index is 1.65. The summed E-state index contributed by atoms with van der Waals surface area (Å²) in [6.07, 6.45) is -1.56. The molecule has 4 rings (SSSR count). The highest BCUT2D eigenvalue weighted by molar-refractivity contribution is 5.88. The number of aromatic nitrogens is 2. The van der Waals surface area contributed by atoms with Crippen LogP contribution in [0.2, 0.25) is 0 Å². The van der Waals surface area contributed by atoms with Gasteiger partial charge >= 0.3 is 12.1 Å². The molecule has 35 heavy (non-hydrogen) atoms. The molecular formula is C25H29F3N4O3. The highest BCUT2D eigenvalue weighted by Crippen LogP contribution is 2.35. The molecule has 1 saturated heterocycles. The molecule has 1 fully saturated rings. The zero-order valence-corrected chi connectivity index (χ0v) is 20.0. The standard InChI is InChI=1S/C25H29F3N4O3/c1-16-12-22(34-2)19(18-6-8-29-23(16)18)14-32-11-10-31(9-7-25(26,27)28)15-21(32)17-4-5-20(30-13-17)24(33)35-3/h4-6,8,12-13,21,29H,7,9-11,14-15H2,1-3H3. The van der Waals surface area contributed by atoms with Gasteiger partial charge < -0.3 is 14.5 Å². The highest BCUT2D eigenvalue weighted by atomic mass is 19.4. The Hall–Kier alpha value is -3.11. The first-order chi connectivity index (χ1) is 16.7. The van der Waals surface area contributed by atoms with Gasteiger partial charge in [-0.15, -0.1) is 0 Å². The molecule has 1 N–H and O–H groups in total. The molecule has 188 valence electrons. The summed E-state index contributed by atoms with van der Waals surface area (Å²) in [4.78, 5) is 23.4. The number of esters is 1. The predicted octanol–water partition coefficient (Wildman–Crippen LogP) is 4.48. The molecule has 3 aromatic rings. The van der Waals surface area contributed by atoms with E-state index in [4.69, 9.17) is 9.47 Å². The number of methoxy groups -OCH3 is 2. The largest absolute Gasteiger partial charge is 0.496 e. The maximum atomic E-state index is 12.9. The van der Waals surface area contributed by atoms with E-state index in [1.807, 2.05) is 30.2 Å². The first kappa shape index (κ1) is 25.0. The summed E-state index contributed by atoms with van der Waals surface area (Å²) in [5, 5.41) is 1.05. The summed E-state index contributed by atoms with van der Waals surface area (Å²) in [5.74, 6) is 0.232. The number of aromatic amines is 1. The first-order valence-corrected chi connectivity index (χ1v) is 11.4. The number of piperazine rings is 1. The fraction of sp³-hybridized carbons (Fsp3) is 0.440. The van der Waals surface area contributed by atoms with Gasteiger partial charge in [0.25, 0.3) is 0 Å². The number of carbonyl (C=O) groups excluding carboxylic acids is 1. The van der Waals surface area contributed by atoms with Crippen LogP contribution in [-0.2, 0) is 11.3 Å². The second-order valence-corrected chi connectivity index (χ2v) is 8.76. The Kier molecular flexibility index (Phi) is 7.32. The number of halogens is 3. The molecule has 7 nitrogen and oxygen atoms in total. The zero-order valence-electron chi connectivity index (χ0n) is 20.0. The smallest absolute Gasteiger partial charge is 0.390 e. The quantitative estimate of drug-likeness (QED) is 0.493. The second-order valence-electron chi connectivity index (χ2n) is 8.76. The molecule has 1 aliphatic heterocycles. The number of aryl methyl sites for hydroxylation is 1. The van der Waals surface area contributed by atoms with Crippen LogP contribution >= 0.6 is 0 Å². The third-order valence-electron chi connectivity index (χ3n) is 6.55. The number of carbonyl (C=O) groups is 1. The number of fused-ring (bicyclic) bond motifs is 1. The van der Waals surface area contributed by atoms with Crippen LogP contribution in [0.3, 0.4) is 0 Å². The number of nitrogens with one attached hydrogen (secondary N) is 1. The third-order valence-corrected chi connectivity index (χ3v) is 6.55. The summed E-state index contributed by atoms with van der Waals surface area (Å²) in [6, 6.07) is 7.18. The van der Waals surface area contributed by atoms with Crippen molar-refractivity contribution >= 4 is 16.9 Å². The Morgan fingerprint density at radius 2 is 2.03 bits per heavy atom. The summed E-state index contributed by atoms with van der Waals surface area (Å²) in [5.41, 5.74) is 4.13. The Morgan fingerprint density at radius 1 is 1.23 bits per heavy atom. The molecule has 1 atom stereocenters. The van der Waals surface area contributed by atoms with Gasteiger partial charge in [-0.2, -0.15) is 13.2 Å². The SMILES string of the molecule is COC(=O)c1ccc(C2CN(CCC(F)(F)F)CCN2Cc2c(OC)cc(C)c3[nH]ccc23)cn1. The Bertz CT molecular complexity index is 1180. The predicted molar refractivity (Wildman–Crippen MR) is 125 cm³/mol. The number of rotatable bonds is 7.